The summed E-state index contributed by atoms with van der Waals surface area (Å²) in [5, 5.41) is 8.96. The topological polar surface area (TPSA) is 32.8 Å². The highest BCUT2D eigenvalue weighted by Crippen LogP contribution is 2.35. The van der Waals surface area contributed by atoms with Crippen molar-refractivity contribution in [2.45, 2.75) is 25.0 Å². The van der Waals surface area contributed by atoms with E-state index in [4.69, 9.17) is 9.84 Å². The van der Waals surface area contributed by atoms with Crippen LogP contribution in [0, 0.1) is 0 Å². The first kappa shape index (κ1) is 4.39. The lowest BCUT2D eigenvalue weighted by Gasteiger charge is -1.98. The second kappa shape index (κ2) is 1.26. The summed E-state index contributed by atoms with van der Waals surface area (Å²) in [6.07, 6.45) is 4.36. The quantitative estimate of drug-likeness (QED) is 0.474. The van der Waals surface area contributed by atoms with Crippen LogP contribution in [0.3, 0.4) is 0 Å². The standard InChI is InChI=1S/C6H8O2/c7-4-2-1-3-5-6(4)8-5/h2,5-7H,1,3H2. The van der Waals surface area contributed by atoms with Gasteiger partial charge in [0, 0.05) is 0 Å². The maximum atomic E-state index is 8.96. The molecule has 2 nitrogen and oxygen atoms in total. The highest BCUT2D eigenvalue weighted by molar-refractivity contribution is 5.13. The number of rotatable bonds is 0. The van der Waals surface area contributed by atoms with Gasteiger partial charge >= 0.3 is 0 Å². The van der Waals surface area contributed by atoms with Crippen LogP contribution in [0.25, 0.3) is 0 Å². The van der Waals surface area contributed by atoms with E-state index in [0.29, 0.717) is 11.9 Å². The maximum absolute atomic E-state index is 8.96. The molecule has 0 radical (unpaired) electrons. The Labute approximate surface area is 47.8 Å². The Balaban J connectivity index is 2.18. The third-order valence-electron chi connectivity index (χ3n) is 1.68. The van der Waals surface area contributed by atoms with Crippen LogP contribution in [0.15, 0.2) is 11.8 Å². The van der Waals surface area contributed by atoms with Gasteiger partial charge in [-0.1, -0.05) is 0 Å². The molecule has 2 atom stereocenters. The Morgan fingerprint density at radius 3 is 3.25 bits per heavy atom. The molecule has 1 N–H and O–H groups in total. The summed E-state index contributed by atoms with van der Waals surface area (Å²) in [5.74, 6) is 0.446. The molecule has 0 aromatic carbocycles. The van der Waals surface area contributed by atoms with Crippen LogP contribution in [0.1, 0.15) is 12.8 Å². The maximum Gasteiger partial charge on any atom is 0.140 e. The average Bonchev–Trinajstić information content (AvgIpc) is 2.45. The third-order valence-corrected chi connectivity index (χ3v) is 1.68. The molecule has 1 fully saturated rings. The molecule has 1 saturated heterocycles. The van der Waals surface area contributed by atoms with Crippen LogP contribution in [-0.2, 0) is 4.74 Å². The van der Waals surface area contributed by atoms with Gasteiger partial charge < -0.3 is 9.84 Å². The van der Waals surface area contributed by atoms with Gasteiger partial charge in [0.1, 0.15) is 11.9 Å². The van der Waals surface area contributed by atoms with Gasteiger partial charge in [0.2, 0.25) is 0 Å². The van der Waals surface area contributed by atoms with Crippen molar-refractivity contribution in [3.8, 4) is 0 Å². The van der Waals surface area contributed by atoms with Crippen LogP contribution in [0.4, 0.5) is 0 Å². The second-order valence-corrected chi connectivity index (χ2v) is 2.30. The van der Waals surface area contributed by atoms with Gasteiger partial charge in [-0.25, -0.2) is 0 Å². The van der Waals surface area contributed by atoms with Crippen molar-refractivity contribution in [2.24, 2.45) is 0 Å². The highest BCUT2D eigenvalue weighted by Gasteiger charge is 2.43. The van der Waals surface area contributed by atoms with Crippen LogP contribution in [0.5, 0.6) is 0 Å². The fourth-order valence-corrected chi connectivity index (χ4v) is 1.13. The van der Waals surface area contributed by atoms with E-state index in [2.05, 4.69) is 0 Å². The fraction of sp³-hybridized carbons (Fsp3) is 0.667. The number of epoxide rings is 1. The second-order valence-electron chi connectivity index (χ2n) is 2.30. The largest absolute Gasteiger partial charge is 0.510 e. The lowest BCUT2D eigenvalue weighted by Crippen LogP contribution is -2.02. The van der Waals surface area contributed by atoms with E-state index in [9.17, 15) is 0 Å². The summed E-state index contributed by atoms with van der Waals surface area (Å²) in [6, 6.07) is 0. The Kier molecular flexibility index (Phi) is 0.690. The monoisotopic (exact) mass is 112 g/mol. The zero-order valence-corrected chi connectivity index (χ0v) is 4.50. The molecule has 2 aliphatic rings. The average molecular weight is 112 g/mol. The number of ether oxygens (including phenoxy) is 1. The highest BCUT2D eigenvalue weighted by atomic mass is 16.6. The van der Waals surface area contributed by atoms with E-state index in [1.165, 1.54) is 0 Å². The number of fused-ring (bicyclic) bond motifs is 1. The van der Waals surface area contributed by atoms with E-state index in [-0.39, 0.29) is 6.10 Å². The fourth-order valence-electron chi connectivity index (χ4n) is 1.13. The first-order valence-electron chi connectivity index (χ1n) is 2.92. The summed E-state index contributed by atoms with van der Waals surface area (Å²) >= 11 is 0. The lowest BCUT2D eigenvalue weighted by atomic mass is 10.1. The van der Waals surface area contributed by atoms with Gasteiger partial charge in [-0.3, -0.25) is 0 Å². The SMILES string of the molecule is OC1=CCCC2OC12. The zero-order valence-electron chi connectivity index (χ0n) is 4.50. The van der Waals surface area contributed by atoms with E-state index in [1.54, 1.807) is 0 Å². The minimum atomic E-state index is 0.0868. The Hall–Kier alpha value is -0.500. The predicted octanol–water partition coefficient (Wildman–Crippen LogP) is 0.989. The number of hydrogen-bond donors (Lipinski definition) is 1. The number of allylic oxidation sites excluding steroid dienone is 1. The Morgan fingerprint density at radius 2 is 2.62 bits per heavy atom. The first-order valence-corrected chi connectivity index (χ1v) is 2.92. The molecule has 0 aromatic heterocycles. The van der Waals surface area contributed by atoms with Crippen molar-refractivity contribution in [3.63, 3.8) is 0 Å². The van der Waals surface area contributed by atoms with Crippen molar-refractivity contribution >= 4 is 0 Å². The minimum absolute atomic E-state index is 0.0868. The van der Waals surface area contributed by atoms with Crippen molar-refractivity contribution in [3.05, 3.63) is 11.8 Å². The molecule has 1 aliphatic carbocycles. The van der Waals surface area contributed by atoms with Gasteiger partial charge in [-0.15, -0.1) is 0 Å². The van der Waals surface area contributed by atoms with Crippen LogP contribution < -0.4 is 0 Å². The van der Waals surface area contributed by atoms with E-state index in [1.807, 2.05) is 6.08 Å². The smallest absolute Gasteiger partial charge is 0.140 e. The molecular formula is C6H8O2. The Morgan fingerprint density at radius 1 is 1.75 bits per heavy atom. The summed E-state index contributed by atoms with van der Waals surface area (Å²) in [7, 11) is 0. The number of hydrogen-bond acceptors (Lipinski definition) is 2. The first-order chi connectivity index (χ1) is 3.88. The molecule has 0 spiro atoms. The van der Waals surface area contributed by atoms with Crippen LogP contribution in [0.2, 0.25) is 0 Å². The summed E-state index contributed by atoms with van der Waals surface area (Å²) in [6.45, 7) is 0. The predicted molar refractivity (Wildman–Crippen MR) is 28.6 cm³/mol. The zero-order chi connectivity index (χ0) is 5.56. The Bertz CT molecular complexity index is 139. The van der Waals surface area contributed by atoms with Crippen molar-refractivity contribution in [1.29, 1.82) is 0 Å². The molecule has 8 heavy (non-hydrogen) atoms. The van der Waals surface area contributed by atoms with Gasteiger partial charge in [-0.05, 0) is 18.9 Å². The van der Waals surface area contributed by atoms with Gasteiger partial charge in [0.25, 0.3) is 0 Å². The minimum Gasteiger partial charge on any atom is -0.510 e. The summed E-state index contributed by atoms with van der Waals surface area (Å²) in [4.78, 5) is 0. The molecule has 1 heterocycles. The molecule has 44 valence electrons. The molecule has 2 heteroatoms. The van der Waals surface area contributed by atoms with E-state index >= 15 is 0 Å². The molecule has 2 rings (SSSR count). The van der Waals surface area contributed by atoms with E-state index < -0.39 is 0 Å². The van der Waals surface area contributed by atoms with Gasteiger partial charge in [-0.2, -0.15) is 0 Å². The van der Waals surface area contributed by atoms with Crippen molar-refractivity contribution in [2.75, 3.05) is 0 Å². The van der Waals surface area contributed by atoms with Crippen molar-refractivity contribution in [1.82, 2.24) is 0 Å². The van der Waals surface area contributed by atoms with Crippen LogP contribution in [-0.4, -0.2) is 17.3 Å². The normalized spacial score (nSPS) is 42.8. The molecule has 0 bridgehead atoms. The third kappa shape index (κ3) is 0.464. The molecule has 0 saturated carbocycles. The summed E-state index contributed by atoms with van der Waals surface area (Å²) < 4.78 is 5.07. The molecule has 2 unspecified atom stereocenters. The van der Waals surface area contributed by atoms with Gasteiger partial charge in [0.05, 0.1) is 6.10 Å². The number of aliphatic hydroxyl groups excluding tert-OH is 1. The summed E-state index contributed by atoms with van der Waals surface area (Å²) in [5.41, 5.74) is 0. The van der Waals surface area contributed by atoms with E-state index in [0.717, 1.165) is 12.8 Å². The van der Waals surface area contributed by atoms with Gasteiger partial charge in [0.15, 0.2) is 0 Å². The van der Waals surface area contributed by atoms with Crippen molar-refractivity contribution < 1.29 is 9.84 Å². The molecule has 1 aliphatic heterocycles. The number of aliphatic hydroxyl groups is 1. The molecule has 0 amide bonds. The lowest BCUT2D eigenvalue weighted by molar-refractivity contribution is 0.321. The molecular weight excluding hydrogens is 104 g/mol. The molecule has 0 aromatic rings. The van der Waals surface area contributed by atoms with Crippen LogP contribution >= 0.6 is 0 Å².